The largest absolute Gasteiger partial charge is 0.396 e. The van der Waals surface area contributed by atoms with E-state index in [-0.39, 0.29) is 17.8 Å². The van der Waals surface area contributed by atoms with Gasteiger partial charge in [0.05, 0.1) is 5.69 Å². The van der Waals surface area contributed by atoms with Crippen molar-refractivity contribution in [1.29, 1.82) is 0 Å². The van der Waals surface area contributed by atoms with Crippen LogP contribution in [0.3, 0.4) is 0 Å². The summed E-state index contributed by atoms with van der Waals surface area (Å²) < 4.78 is 12.9. The molecule has 0 fully saturated rings. The van der Waals surface area contributed by atoms with Crippen molar-refractivity contribution in [1.82, 2.24) is 10.3 Å². The van der Waals surface area contributed by atoms with Crippen LogP contribution in [0.1, 0.15) is 26.0 Å². The summed E-state index contributed by atoms with van der Waals surface area (Å²) in [5.74, 6) is -0.233. The average Bonchev–Trinajstić information content (AvgIpc) is 2.88. The molecule has 2 N–H and O–H groups in total. The molecule has 0 amide bonds. The van der Waals surface area contributed by atoms with E-state index >= 15 is 0 Å². The van der Waals surface area contributed by atoms with Crippen LogP contribution in [0.25, 0.3) is 10.6 Å². The Balaban J connectivity index is 1.90. The second kappa shape index (κ2) is 7.11. The summed E-state index contributed by atoms with van der Waals surface area (Å²) in [6.07, 6.45) is 0.776. The van der Waals surface area contributed by atoms with E-state index in [1.807, 2.05) is 5.38 Å². The van der Waals surface area contributed by atoms with Crippen LogP contribution in [0.2, 0.25) is 0 Å². The molecule has 3 nitrogen and oxygen atoms in total. The number of hydrogen-bond acceptors (Lipinski definition) is 4. The molecule has 2 aromatic rings. The topological polar surface area (TPSA) is 45.1 Å². The third-order valence-corrected chi connectivity index (χ3v) is 4.28. The lowest BCUT2D eigenvalue weighted by Crippen LogP contribution is -2.29. The van der Waals surface area contributed by atoms with E-state index in [9.17, 15) is 4.39 Å². The molecule has 1 heterocycles. The number of aliphatic hydroxyl groups excluding tert-OH is 1. The molecule has 0 aliphatic carbocycles. The van der Waals surface area contributed by atoms with Gasteiger partial charge in [-0.2, -0.15) is 0 Å². The minimum absolute atomic E-state index is 0.0740. The number of nitrogens with zero attached hydrogens (tertiary/aromatic N) is 1. The first-order valence-corrected chi connectivity index (χ1v) is 7.90. The predicted molar refractivity (Wildman–Crippen MR) is 84.7 cm³/mol. The number of thiazole rings is 1. The average molecular weight is 308 g/mol. The van der Waals surface area contributed by atoms with Crippen LogP contribution in [0.4, 0.5) is 4.39 Å². The molecule has 1 aromatic carbocycles. The number of halogens is 1. The Bertz CT molecular complexity index is 566. The fourth-order valence-corrected chi connectivity index (χ4v) is 2.86. The van der Waals surface area contributed by atoms with Gasteiger partial charge in [-0.25, -0.2) is 9.37 Å². The lowest BCUT2D eigenvalue weighted by atomic mass is 9.90. The summed E-state index contributed by atoms with van der Waals surface area (Å²) in [4.78, 5) is 4.56. The maximum Gasteiger partial charge on any atom is 0.123 e. The fourth-order valence-electron chi connectivity index (χ4n) is 2.03. The van der Waals surface area contributed by atoms with Gasteiger partial charge in [-0.3, -0.25) is 0 Å². The number of aliphatic hydroxyl groups is 1. The molecular formula is C16H21FN2OS. The Morgan fingerprint density at radius 1 is 1.29 bits per heavy atom. The number of aromatic nitrogens is 1. The summed E-state index contributed by atoms with van der Waals surface area (Å²) in [6, 6.07) is 6.39. The van der Waals surface area contributed by atoms with Crippen molar-refractivity contribution in [2.24, 2.45) is 5.41 Å². The van der Waals surface area contributed by atoms with Crippen LogP contribution in [0.5, 0.6) is 0 Å². The first-order chi connectivity index (χ1) is 10.00. The van der Waals surface area contributed by atoms with Gasteiger partial charge >= 0.3 is 0 Å². The van der Waals surface area contributed by atoms with Crippen molar-refractivity contribution in [2.45, 2.75) is 26.8 Å². The van der Waals surface area contributed by atoms with Crippen molar-refractivity contribution in [3.63, 3.8) is 0 Å². The molecule has 2 rings (SSSR count). The lowest BCUT2D eigenvalue weighted by Gasteiger charge is -2.23. The highest BCUT2D eigenvalue weighted by Crippen LogP contribution is 2.24. The fraction of sp³-hybridized carbons (Fsp3) is 0.438. The summed E-state index contributed by atoms with van der Waals surface area (Å²) in [5.41, 5.74) is 2.00. The van der Waals surface area contributed by atoms with Crippen LogP contribution < -0.4 is 5.32 Å². The lowest BCUT2D eigenvalue weighted by molar-refractivity contribution is 0.207. The molecule has 0 saturated carbocycles. The van der Waals surface area contributed by atoms with E-state index in [4.69, 9.17) is 5.11 Å². The first-order valence-electron chi connectivity index (χ1n) is 7.02. The van der Waals surface area contributed by atoms with Crippen molar-refractivity contribution < 1.29 is 9.50 Å². The van der Waals surface area contributed by atoms with Crippen LogP contribution in [0, 0.1) is 11.2 Å². The van der Waals surface area contributed by atoms with Gasteiger partial charge < -0.3 is 10.4 Å². The highest BCUT2D eigenvalue weighted by Gasteiger charge is 2.16. The van der Waals surface area contributed by atoms with Crippen molar-refractivity contribution >= 4 is 11.3 Å². The Hall–Kier alpha value is -1.30. The summed E-state index contributed by atoms with van der Waals surface area (Å²) in [7, 11) is 0. The molecule has 0 radical (unpaired) electrons. The monoisotopic (exact) mass is 308 g/mol. The zero-order chi connectivity index (χ0) is 15.3. The standard InChI is InChI=1S/C16H21FN2OS/c1-16(2,7-8-20)11-18-9-14-10-21-15(19-14)12-3-5-13(17)6-4-12/h3-6,10,18,20H,7-9,11H2,1-2H3. The highest BCUT2D eigenvalue weighted by atomic mass is 32.1. The van der Waals surface area contributed by atoms with Crippen LogP contribution in [0.15, 0.2) is 29.6 Å². The van der Waals surface area contributed by atoms with E-state index in [0.29, 0.717) is 6.54 Å². The van der Waals surface area contributed by atoms with E-state index in [0.717, 1.165) is 29.2 Å². The maximum absolute atomic E-state index is 12.9. The first kappa shape index (κ1) is 16.1. The third kappa shape index (κ3) is 4.88. The van der Waals surface area contributed by atoms with Crippen molar-refractivity contribution in [2.75, 3.05) is 13.2 Å². The molecule has 0 bridgehead atoms. The van der Waals surface area contributed by atoms with Gasteiger partial charge in [0.1, 0.15) is 10.8 Å². The maximum atomic E-state index is 12.9. The van der Waals surface area contributed by atoms with E-state index in [2.05, 4.69) is 24.1 Å². The van der Waals surface area contributed by atoms with Crippen molar-refractivity contribution in [3.8, 4) is 10.6 Å². The smallest absolute Gasteiger partial charge is 0.123 e. The zero-order valence-electron chi connectivity index (χ0n) is 12.4. The molecule has 0 spiro atoms. The quantitative estimate of drug-likeness (QED) is 0.823. The SMILES string of the molecule is CC(C)(CCO)CNCc1csc(-c2ccc(F)cc2)n1. The number of benzene rings is 1. The molecular weight excluding hydrogens is 287 g/mol. The third-order valence-electron chi connectivity index (χ3n) is 3.34. The number of nitrogens with one attached hydrogen (secondary N) is 1. The molecule has 1 aromatic heterocycles. The summed E-state index contributed by atoms with van der Waals surface area (Å²) >= 11 is 1.56. The van der Waals surface area contributed by atoms with Gasteiger partial charge in [-0.15, -0.1) is 11.3 Å². The molecule has 0 unspecified atom stereocenters. The van der Waals surface area contributed by atoms with E-state index < -0.39 is 0 Å². The molecule has 0 saturated heterocycles. The zero-order valence-corrected chi connectivity index (χ0v) is 13.2. The van der Waals surface area contributed by atoms with Gasteiger partial charge in [0.25, 0.3) is 0 Å². The normalized spacial score (nSPS) is 11.8. The molecule has 0 aliphatic heterocycles. The second-order valence-corrected chi connectivity index (χ2v) is 6.75. The minimum Gasteiger partial charge on any atom is -0.396 e. The van der Waals surface area contributed by atoms with Gasteiger partial charge in [0, 0.05) is 30.6 Å². The Morgan fingerprint density at radius 2 is 2.00 bits per heavy atom. The van der Waals surface area contributed by atoms with E-state index in [1.165, 1.54) is 12.1 Å². The molecule has 21 heavy (non-hydrogen) atoms. The summed E-state index contributed by atoms with van der Waals surface area (Å²) in [5, 5.41) is 15.3. The Labute approximate surface area is 128 Å². The second-order valence-electron chi connectivity index (χ2n) is 5.89. The highest BCUT2D eigenvalue weighted by molar-refractivity contribution is 7.13. The Morgan fingerprint density at radius 3 is 2.67 bits per heavy atom. The van der Waals surface area contributed by atoms with Crippen LogP contribution in [-0.4, -0.2) is 23.2 Å². The molecule has 114 valence electrons. The Kier molecular flexibility index (Phi) is 5.45. The van der Waals surface area contributed by atoms with Crippen LogP contribution >= 0.6 is 11.3 Å². The van der Waals surface area contributed by atoms with Gasteiger partial charge in [-0.05, 0) is 36.1 Å². The predicted octanol–water partition coefficient (Wildman–Crippen LogP) is 3.45. The number of hydrogen-bond donors (Lipinski definition) is 2. The van der Waals surface area contributed by atoms with Gasteiger partial charge in [0.2, 0.25) is 0 Å². The van der Waals surface area contributed by atoms with Gasteiger partial charge in [0.15, 0.2) is 0 Å². The van der Waals surface area contributed by atoms with Gasteiger partial charge in [-0.1, -0.05) is 13.8 Å². The molecule has 0 aliphatic rings. The van der Waals surface area contributed by atoms with Crippen molar-refractivity contribution in [3.05, 3.63) is 41.2 Å². The number of rotatable bonds is 7. The molecule has 0 atom stereocenters. The summed E-state index contributed by atoms with van der Waals surface area (Å²) in [6.45, 7) is 5.99. The van der Waals surface area contributed by atoms with Crippen LogP contribution in [-0.2, 0) is 6.54 Å². The molecule has 5 heteroatoms. The van der Waals surface area contributed by atoms with E-state index in [1.54, 1.807) is 23.5 Å². The minimum atomic E-state index is -0.233.